The minimum absolute atomic E-state index is 0.392. The highest BCUT2D eigenvalue weighted by atomic mass is 16.5. The van der Waals surface area contributed by atoms with Gasteiger partial charge in [0.1, 0.15) is 0 Å². The first-order valence-corrected chi connectivity index (χ1v) is 7.40. The molecule has 0 aromatic rings. The molecule has 1 aliphatic rings. The summed E-state index contributed by atoms with van der Waals surface area (Å²) in [5.41, 5.74) is 5.82. The number of β-amino-alcohol motifs (C(OH)–C–C–N with tert-alkyl or cyclic N) is 1. The molecule has 0 aliphatic carbocycles. The summed E-state index contributed by atoms with van der Waals surface area (Å²) < 4.78 is 5.47. The van der Waals surface area contributed by atoms with Crippen LogP contribution in [0.15, 0.2) is 0 Å². The van der Waals surface area contributed by atoms with E-state index in [9.17, 15) is 5.11 Å². The van der Waals surface area contributed by atoms with Crippen molar-refractivity contribution < 1.29 is 9.84 Å². The van der Waals surface area contributed by atoms with E-state index < -0.39 is 6.10 Å². The summed E-state index contributed by atoms with van der Waals surface area (Å²) in [6, 6.07) is 0.955. The fourth-order valence-corrected chi connectivity index (χ4v) is 2.68. The molecule has 0 spiro atoms. The second-order valence-electron chi connectivity index (χ2n) is 5.45. The van der Waals surface area contributed by atoms with Crippen LogP contribution in [0.5, 0.6) is 0 Å². The molecule has 0 saturated carbocycles. The topological polar surface area (TPSA) is 58.7 Å². The number of aliphatic hydroxyl groups is 1. The van der Waals surface area contributed by atoms with E-state index in [-0.39, 0.29) is 0 Å². The van der Waals surface area contributed by atoms with Crippen molar-refractivity contribution in [2.24, 2.45) is 5.73 Å². The van der Waals surface area contributed by atoms with Gasteiger partial charge < -0.3 is 15.6 Å². The van der Waals surface area contributed by atoms with Crippen LogP contribution in [-0.2, 0) is 4.74 Å². The second kappa shape index (κ2) is 8.86. The monoisotopic (exact) mass is 258 g/mol. The lowest BCUT2D eigenvalue weighted by Gasteiger charge is -2.41. The highest BCUT2D eigenvalue weighted by Crippen LogP contribution is 2.22. The average molecular weight is 258 g/mol. The largest absolute Gasteiger partial charge is 0.389 e. The number of nitrogens with two attached hydrogens (primary N) is 1. The van der Waals surface area contributed by atoms with E-state index in [1.165, 1.54) is 12.8 Å². The van der Waals surface area contributed by atoms with Gasteiger partial charge in [-0.05, 0) is 26.2 Å². The molecule has 0 radical (unpaired) electrons. The van der Waals surface area contributed by atoms with Crippen LogP contribution in [-0.4, -0.2) is 54.5 Å². The van der Waals surface area contributed by atoms with Crippen molar-refractivity contribution in [2.45, 2.75) is 64.1 Å². The molecule has 4 heteroatoms. The van der Waals surface area contributed by atoms with Gasteiger partial charge in [-0.2, -0.15) is 0 Å². The molecular weight excluding hydrogens is 228 g/mol. The number of hydrogen-bond donors (Lipinski definition) is 2. The molecule has 1 aliphatic heterocycles. The van der Waals surface area contributed by atoms with Crippen LogP contribution in [0.1, 0.15) is 46.0 Å². The fraction of sp³-hybridized carbons (Fsp3) is 1.00. The molecule has 3 N–H and O–H groups in total. The van der Waals surface area contributed by atoms with Crippen molar-refractivity contribution in [1.29, 1.82) is 0 Å². The Hall–Kier alpha value is -0.160. The highest BCUT2D eigenvalue weighted by molar-refractivity contribution is 4.84. The van der Waals surface area contributed by atoms with E-state index >= 15 is 0 Å². The molecule has 1 saturated heterocycles. The zero-order chi connectivity index (χ0) is 13.4. The van der Waals surface area contributed by atoms with Gasteiger partial charge in [0.2, 0.25) is 0 Å². The fourth-order valence-electron chi connectivity index (χ4n) is 2.68. The lowest BCUT2D eigenvalue weighted by Crippen LogP contribution is -2.52. The molecule has 0 bridgehead atoms. The van der Waals surface area contributed by atoms with Crippen LogP contribution in [0.2, 0.25) is 0 Å². The standard InChI is InChI=1S/C14H30N2O2/c1-3-4-8-18-11-14(17)10-16-12(2)6-5-7-13(16)9-15/h12-14,17H,3-11,15H2,1-2H3. The molecule has 1 heterocycles. The van der Waals surface area contributed by atoms with Gasteiger partial charge in [0, 0.05) is 31.8 Å². The van der Waals surface area contributed by atoms with Crippen molar-refractivity contribution in [1.82, 2.24) is 4.90 Å². The Balaban J connectivity index is 2.28. The third-order valence-electron chi connectivity index (χ3n) is 3.84. The summed E-state index contributed by atoms with van der Waals surface area (Å²) >= 11 is 0. The van der Waals surface area contributed by atoms with Crippen molar-refractivity contribution in [3.8, 4) is 0 Å². The summed E-state index contributed by atoms with van der Waals surface area (Å²) in [7, 11) is 0. The first-order valence-electron chi connectivity index (χ1n) is 7.40. The Morgan fingerprint density at radius 3 is 2.89 bits per heavy atom. The van der Waals surface area contributed by atoms with Gasteiger partial charge in [0.05, 0.1) is 12.7 Å². The van der Waals surface area contributed by atoms with Gasteiger partial charge >= 0.3 is 0 Å². The molecule has 4 nitrogen and oxygen atoms in total. The molecule has 3 unspecified atom stereocenters. The van der Waals surface area contributed by atoms with Gasteiger partial charge in [-0.25, -0.2) is 0 Å². The molecule has 0 amide bonds. The molecule has 18 heavy (non-hydrogen) atoms. The smallest absolute Gasteiger partial charge is 0.0900 e. The van der Waals surface area contributed by atoms with E-state index in [2.05, 4.69) is 18.7 Å². The molecule has 108 valence electrons. The summed E-state index contributed by atoms with van der Waals surface area (Å²) in [5, 5.41) is 10.0. The summed E-state index contributed by atoms with van der Waals surface area (Å²) in [6.07, 6.45) is 5.43. The van der Waals surface area contributed by atoms with E-state index in [1.807, 2.05) is 0 Å². The van der Waals surface area contributed by atoms with Gasteiger partial charge in [-0.3, -0.25) is 4.90 Å². The van der Waals surface area contributed by atoms with Gasteiger partial charge in [-0.15, -0.1) is 0 Å². The molecule has 1 fully saturated rings. The van der Waals surface area contributed by atoms with Gasteiger partial charge in [0.25, 0.3) is 0 Å². The van der Waals surface area contributed by atoms with E-state index in [1.54, 1.807) is 0 Å². The van der Waals surface area contributed by atoms with Crippen LogP contribution in [0.25, 0.3) is 0 Å². The molecule has 3 atom stereocenters. The number of piperidine rings is 1. The predicted octanol–water partition coefficient (Wildman–Crippen LogP) is 1.37. The maximum Gasteiger partial charge on any atom is 0.0900 e. The van der Waals surface area contributed by atoms with Crippen LogP contribution in [0, 0.1) is 0 Å². The Morgan fingerprint density at radius 1 is 1.44 bits per heavy atom. The Morgan fingerprint density at radius 2 is 2.22 bits per heavy atom. The van der Waals surface area contributed by atoms with Crippen molar-refractivity contribution in [2.75, 3.05) is 26.3 Å². The molecule has 0 aromatic carbocycles. The van der Waals surface area contributed by atoms with E-state index in [0.717, 1.165) is 25.9 Å². The van der Waals surface area contributed by atoms with Crippen LogP contribution in [0.3, 0.4) is 0 Å². The number of nitrogens with zero attached hydrogens (tertiary/aromatic N) is 1. The quantitative estimate of drug-likeness (QED) is 0.646. The zero-order valence-electron chi connectivity index (χ0n) is 12.0. The number of aliphatic hydroxyl groups excluding tert-OH is 1. The van der Waals surface area contributed by atoms with Crippen molar-refractivity contribution in [3.05, 3.63) is 0 Å². The van der Waals surface area contributed by atoms with Crippen LogP contribution in [0.4, 0.5) is 0 Å². The predicted molar refractivity (Wildman–Crippen MR) is 74.6 cm³/mol. The maximum absolute atomic E-state index is 10.0. The maximum atomic E-state index is 10.0. The van der Waals surface area contributed by atoms with Gasteiger partial charge in [-0.1, -0.05) is 19.8 Å². The third kappa shape index (κ3) is 5.22. The van der Waals surface area contributed by atoms with Crippen molar-refractivity contribution >= 4 is 0 Å². The number of unbranched alkanes of at least 4 members (excludes halogenated alkanes) is 1. The minimum Gasteiger partial charge on any atom is -0.389 e. The Bertz CT molecular complexity index is 214. The summed E-state index contributed by atoms with van der Waals surface area (Å²) in [6.45, 7) is 6.94. The number of rotatable bonds is 8. The zero-order valence-corrected chi connectivity index (χ0v) is 12.0. The Labute approximate surface area is 111 Å². The number of ether oxygens (including phenoxy) is 1. The molecular formula is C14H30N2O2. The molecule has 0 aromatic heterocycles. The Kier molecular flexibility index (Phi) is 7.82. The number of likely N-dealkylation sites (tertiary alicyclic amines) is 1. The second-order valence-corrected chi connectivity index (χ2v) is 5.45. The lowest BCUT2D eigenvalue weighted by atomic mass is 9.96. The van der Waals surface area contributed by atoms with Crippen molar-refractivity contribution in [3.63, 3.8) is 0 Å². The number of hydrogen-bond acceptors (Lipinski definition) is 4. The average Bonchev–Trinajstić information content (AvgIpc) is 2.37. The first kappa shape index (κ1) is 15.9. The van der Waals surface area contributed by atoms with E-state index in [0.29, 0.717) is 31.8 Å². The highest BCUT2D eigenvalue weighted by Gasteiger charge is 2.28. The minimum atomic E-state index is -0.392. The summed E-state index contributed by atoms with van der Waals surface area (Å²) in [4.78, 5) is 2.36. The van der Waals surface area contributed by atoms with E-state index in [4.69, 9.17) is 10.5 Å². The lowest BCUT2D eigenvalue weighted by molar-refractivity contribution is -0.0108. The van der Waals surface area contributed by atoms with Crippen LogP contribution >= 0.6 is 0 Å². The first-order chi connectivity index (χ1) is 8.69. The van der Waals surface area contributed by atoms with Gasteiger partial charge in [0.15, 0.2) is 0 Å². The SMILES string of the molecule is CCCCOCC(O)CN1C(C)CCCC1CN. The third-order valence-corrected chi connectivity index (χ3v) is 3.84. The summed E-state index contributed by atoms with van der Waals surface area (Å²) in [5.74, 6) is 0. The normalized spacial score (nSPS) is 27.3. The molecule has 1 rings (SSSR count). The van der Waals surface area contributed by atoms with Crippen LogP contribution < -0.4 is 5.73 Å².